The Morgan fingerprint density at radius 3 is 2.65 bits per heavy atom. The van der Waals surface area contributed by atoms with E-state index >= 15 is 0 Å². The fourth-order valence-corrected chi connectivity index (χ4v) is 2.93. The third-order valence-electron chi connectivity index (χ3n) is 4.35. The number of rotatable bonds is 1. The second-order valence-electron chi connectivity index (χ2n) is 5.69. The molecule has 3 unspecified atom stereocenters. The van der Waals surface area contributed by atoms with Crippen LogP contribution in [0.3, 0.4) is 0 Å². The molecule has 1 fully saturated rings. The second kappa shape index (κ2) is 4.41. The van der Waals surface area contributed by atoms with Crippen molar-refractivity contribution >= 4 is 0 Å². The monoisotopic (exact) mass is 236 g/mol. The lowest BCUT2D eigenvalue weighted by Gasteiger charge is -2.40. The summed E-state index contributed by atoms with van der Waals surface area (Å²) in [5.74, 6) is 0.867. The average Bonchev–Trinajstić information content (AvgIpc) is 2.27. The maximum Gasteiger partial charge on any atom is 0.123 e. The van der Waals surface area contributed by atoms with E-state index < -0.39 is 5.60 Å². The Morgan fingerprint density at radius 1 is 1.29 bits per heavy atom. The van der Waals surface area contributed by atoms with Gasteiger partial charge >= 0.3 is 0 Å². The molecule has 0 bridgehead atoms. The Bertz CT molecular complexity index is 415. The molecule has 0 heterocycles. The molecule has 1 aliphatic carbocycles. The molecule has 2 heteroatoms. The number of benzene rings is 1. The van der Waals surface area contributed by atoms with Gasteiger partial charge in [-0.3, -0.25) is 0 Å². The minimum Gasteiger partial charge on any atom is -0.385 e. The van der Waals surface area contributed by atoms with Crippen LogP contribution in [0, 0.1) is 24.6 Å². The molecule has 0 spiro atoms. The summed E-state index contributed by atoms with van der Waals surface area (Å²) in [7, 11) is 0. The summed E-state index contributed by atoms with van der Waals surface area (Å²) in [6.07, 6.45) is 2.48. The highest BCUT2D eigenvalue weighted by Crippen LogP contribution is 2.43. The van der Waals surface area contributed by atoms with Crippen LogP contribution in [0.5, 0.6) is 0 Å². The minimum absolute atomic E-state index is 0.259. The van der Waals surface area contributed by atoms with Crippen LogP contribution in [-0.2, 0) is 5.60 Å². The predicted octanol–water partition coefficient (Wildman–Crippen LogP) is 3.78. The zero-order valence-electron chi connectivity index (χ0n) is 10.8. The molecular formula is C15H21FO. The fraction of sp³-hybridized carbons (Fsp3) is 0.600. The molecule has 0 amide bonds. The van der Waals surface area contributed by atoms with E-state index in [4.69, 9.17) is 0 Å². The van der Waals surface area contributed by atoms with E-state index in [2.05, 4.69) is 13.8 Å². The first-order chi connectivity index (χ1) is 7.92. The van der Waals surface area contributed by atoms with Gasteiger partial charge in [-0.2, -0.15) is 0 Å². The normalized spacial score (nSPS) is 33.7. The van der Waals surface area contributed by atoms with Crippen molar-refractivity contribution in [3.8, 4) is 0 Å². The lowest BCUT2D eigenvalue weighted by Crippen LogP contribution is -2.36. The Labute approximate surface area is 103 Å². The smallest absolute Gasteiger partial charge is 0.123 e. The SMILES string of the molecule is Cc1ccc(F)cc1C1(O)CCC(C)C(C)C1. The molecule has 2 rings (SSSR count). The van der Waals surface area contributed by atoms with E-state index in [1.165, 1.54) is 12.1 Å². The van der Waals surface area contributed by atoms with E-state index in [0.717, 1.165) is 30.4 Å². The van der Waals surface area contributed by atoms with Crippen molar-refractivity contribution in [1.29, 1.82) is 0 Å². The highest BCUT2D eigenvalue weighted by atomic mass is 19.1. The summed E-state index contributed by atoms with van der Waals surface area (Å²) < 4.78 is 13.3. The summed E-state index contributed by atoms with van der Waals surface area (Å²) in [4.78, 5) is 0. The van der Waals surface area contributed by atoms with Crippen molar-refractivity contribution in [2.45, 2.75) is 45.6 Å². The molecule has 1 aliphatic rings. The summed E-state index contributed by atoms with van der Waals surface area (Å²) in [5, 5.41) is 10.8. The van der Waals surface area contributed by atoms with Gasteiger partial charge in [0.15, 0.2) is 0 Å². The predicted molar refractivity (Wildman–Crippen MR) is 67.2 cm³/mol. The lowest BCUT2D eigenvalue weighted by molar-refractivity contribution is -0.0342. The van der Waals surface area contributed by atoms with Crippen LogP contribution in [0.15, 0.2) is 18.2 Å². The van der Waals surface area contributed by atoms with Crippen molar-refractivity contribution in [2.24, 2.45) is 11.8 Å². The number of hydrogen-bond donors (Lipinski definition) is 1. The van der Waals surface area contributed by atoms with E-state index in [-0.39, 0.29) is 5.82 Å². The fourth-order valence-electron chi connectivity index (χ4n) is 2.93. The molecule has 1 aromatic carbocycles. The van der Waals surface area contributed by atoms with Crippen molar-refractivity contribution in [1.82, 2.24) is 0 Å². The lowest BCUT2D eigenvalue weighted by atomic mass is 9.69. The molecular weight excluding hydrogens is 215 g/mol. The van der Waals surface area contributed by atoms with Gasteiger partial charge in [0.1, 0.15) is 5.82 Å². The molecule has 1 N–H and O–H groups in total. The Hall–Kier alpha value is -0.890. The first-order valence-corrected chi connectivity index (χ1v) is 6.41. The Balaban J connectivity index is 2.35. The number of aryl methyl sites for hydroxylation is 1. The second-order valence-corrected chi connectivity index (χ2v) is 5.69. The van der Waals surface area contributed by atoms with Gasteiger partial charge in [0, 0.05) is 0 Å². The van der Waals surface area contributed by atoms with Crippen LogP contribution < -0.4 is 0 Å². The standard InChI is InChI=1S/C15H21FO/c1-10-6-7-15(17,9-12(10)3)14-8-13(16)5-4-11(14)2/h4-5,8,10,12,17H,6-7,9H2,1-3H3. The van der Waals surface area contributed by atoms with Crippen LogP contribution in [0.4, 0.5) is 4.39 Å². The Morgan fingerprint density at radius 2 is 2.00 bits per heavy atom. The minimum atomic E-state index is -0.835. The molecule has 0 aromatic heterocycles. The van der Waals surface area contributed by atoms with Gasteiger partial charge in [-0.15, -0.1) is 0 Å². The quantitative estimate of drug-likeness (QED) is 0.786. The van der Waals surface area contributed by atoms with Crippen molar-refractivity contribution < 1.29 is 9.50 Å². The van der Waals surface area contributed by atoms with E-state index in [1.807, 2.05) is 6.92 Å². The highest BCUT2D eigenvalue weighted by molar-refractivity contribution is 5.32. The third-order valence-corrected chi connectivity index (χ3v) is 4.35. The van der Waals surface area contributed by atoms with Gasteiger partial charge in [0.05, 0.1) is 5.60 Å². The van der Waals surface area contributed by atoms with Crippen molar-refractivity contribution in [3.05, 3.63) is 35.1 Å². The zero-order chi connectivity index (χ0) is 12.6. The van der Waals surface area contributed by atoms with E-state index in [9.17, 15) is 9.50 Å². The average molecular weight is 236 g/mol. The first kappa shape index (κ1) is 12.6. The molecule has 0 saturated heterocycles. The molecule has 1 saturated carbocycles. The largest absolute Gasteiger partial charge is 0.385 e. The molecule has 1 aromatic rings. The molecule has 94 valence electrons. The summed E-state index contributed by atoms with van der Waals surface area (Å²) in [6, 6.07) is 4.71. The molecule has 0 radical (unpaired) electrons. The summed E-state index contributed by atoms with van der Waals surface area (Å²) in [5.41, 5.74) is 0.921. The van der Waals surface area contributed by atoms with Gasteiger partial charge in [-0.05, 0) is 61.3 Å². The first-order valence-electron chi connectivity index (χ1n) is 6.41. The van der Waals surface area contributed by atoms with Gasteiger partial charge in [-0.1, -0.05) is 19.9 Å². The van der Waals surface area contributed by atoms with Gasteiger partial charge in [-0.25, -0.2) is 4.39 Å². The molecule has 0 aliphatic heterocycles. The third kappa shape index (κ3) is 2.37. The van der Waals surface area contributed by atoms with Crippen LogP contribution in [0.1, 0.15) is 44.2 Å². The van der Waals surface area contributed by atoms with Gasteiger partial charge in [0.25, 0.3) is 0 Å². The number of hydrogen-bond acceptors (Lipinski definition) is 1. The van der Waals surface area contributed by atoms with Crippen molar-refractivity contribution in [2.75, 3.05) is 0 Å². The molecule has 3 atom stereocenters. The van der Waals surface area contributed by atoms with Crippen LogP contribution in [0.2, 0.25) is 0 Å². The maximum atomic E-state index is 13.3. The topological polar surface area (TPSA) is 20.2 Å². The van der Waals surface area contributed by atoms with Gasteiger partial charge < -0.3 is 5.11 Å². The van der Waals surface area contributed by atoms with Crippen LogP contribution >= 0.6 is 0 Å². The van der Waals surface area contributed by atoms with Crippen molar-refractivity contribution in [3.63, 3.8) is 0 Å². The zero-order valence-corrected chi connectivity index (χ0v) is 10.8. The highest BCUT2D eigenvalue weighted by Gasteiger charge is 2.38. The van der Waals surface area contributed by atoms with Gasteiger partial charge in [0.2, 0.25) is 0 Å². The van der Waals surface area contributed by atoms with Crippen LogP contribution in [0.25, 0.3) is 0 Å². The summed E-state index contributed by atoms with van der Waals surface area (Å²) in [6.45, 7) is 6.33. The van der Waals surface area contributed by atoms with E-state index in [0.29, 0.717) is 11.8 Å². The van der Waals surface area contributed by atoms with E-state index in [1.54, 1.807) is 6.07 Å². The number of aliphatic hydroxyl groups is 1. The van der Waals surface area contributed by atoms with Crippen LogP contribution in [-0.4, -0.2) is 5.11 Å². The molecule has 1 nitrogen and oxygen atoms in total. The number of halogens is 1. The Kier molecular flexibility index (Phi) is 3.26. The maximum absolute atomic E-state index is 13.3. The summed E-state index contributed by atoms with van der Waals surface area (Å²) >= 11 is 0. The molecule has 17 heavy (non-hydrogen) atoms.